The fourth-order valence-electron chi connectivity index (χ4n) is 2.47. The molecule has 0 radical (unpaired) electrons. The lowest BCUT2D eigenvalue weighted by molar-refractivity contribution is 0.117. The van der Waals surface area contributed by atoms with Crippen LogP contribution in [0.1, 0.15) is 59.7 Å². The van der Waals surface area contributed by atoms with Crippen LogP contribution in [0.25, 0.3) is 5.57 Å². The van der Waals surface area contributed by atoms with Crippen molar-refractivity contribution in [2.75, 3.05) is 13.2 Å². The van der Waals surface area contributed by atoms with Crippen LogP contribution in [0, 0.1) is 6.92 Å². The van der Waals surface area contributed by atoms with Crippen molar-refractivity contribution < 1.29 is 14.3 Å². The van der Waals surface area contributed by atoms with Crippen LogP contribution in [0.4, 0.5) is 4.79 Å². The number of hydrogen-bond donors (Lipinski definition) is 1. The Bertz CT molecular complexity index is 764. The van der Waals surface area contributed by atoms with Crippen LogP contribution in [-0.2, 0) is 10.3 Å². The number of carbonyl (C=O) groups excluding carboxylic acids is 1. The van der Waals surface area contributed by atoms with Gasteiger partial charge < -0.3 is 14.8 Å². The molecule has 2 aromatic carbocycles. The molecule has 0 heterocycles. The Balaban J connectivity index is 0. The van der Waals surface area contributed by atoms with Crippen molar-refractivity contribution in [3.05, 3.63) is 71.8 Å². The number of alkyl carbamates (subject to hydrolysis) is 1. The average molecular weight is 402 g/mol. The van der Waals surface area contributed by atoms with E-state index in [0.29, 0.717) is 6.61 Å². The zero-order valence-corrected chi connectivity index (χ0v) is 16.0. The molecule has 1 amide bonds. The standard InChI is InChI=1S/C22H27NO3.3CH4/c1-16(2)18-7-6-8-19(15-18)22(4,5)23-21(24)26-14-13-25-20-11-9-17(3)10-12-20;;;/h6-12,15H,1,13-14H2,2-5H3,(H,23,24);3*1H4. The number of benzene rings is 2. The van der Waals surface area contributed by atoms with E-state index < -0.39 is 11.6 Å². The number of allylic oxidation sites excluding steroid dienone is 1. The van der Waals surface area contributed by atoms with E-state index in [0.717, 1.165) is 22.4 Å². The third kappa shape index (κ3) is 8.86. The maximum atomic E-state index is 12.1. The highest BCUT2D eigenvalue weighted by molar-refractivity contribution is 5.69. The third-order valence-electron chi connectivity index (χ3n) is 4.10. The number of aryl methyl sites for hydroxylation is 1. The molecule has 0 aliphatic heterocycles. The van der Waals surface area contributed by atoms with Crippen molar-refractivity contribution in [1.82, 2.24) is 5.32 Å². The summed E-state index contributed by atoms with van der Waals surface area (Å²) in [6, 6.07) is 15.7. The summed E-state index contributed by atoms with van der Waals surface area (Å²) in [4.78, 5) is 12.1. The van der Waals surface area contributed by atoms with E-state index in [9.17, 15) is 4.79 Å². The molecule has 0 atom stereocenters. The fraction of sp³-hybridized carbons (Fsp3) is 0.400. The molecule has 0 aliphatic rings. The topological polar surface area (TPSA) is 47.6 Å². The summed E-state index contributed by atoms with van der Waals surface area (Å²) in [6.07, 6.45) is -0.469. The Morgan fingerprint density at radius 2 is 1.66 bits per heavy atom. The first kappa shape index (κ1) is 28.5. The van der Waals surface area contributed by atoms with Crippen LogP contribution >= 0.6 is 0 Å². The zero-order valence-electron chi connectivity index (χ0n) is 16.0. The summed E-state index contributed by atoms with van der Waals surface area (Å²) in [7, 11) is 0. The maximum Gasteiger partial charge on any atom is 0.407 e. The molecule has 0 aliphatic carbocycles. The van der Waals surface area contributed by atoms with Crippen LogP contribution in [-0.4, -0.2) is 19.3 Å². The first-order valence-electron chi connectivity index (χ1n) is 8.69. The van der Waals surface area contributed by atoms with Gasteiger partial charge in [0, 0.05) is 0 Å². The Hall–Kier alpha value is -2.75. The summed E-state index contributed by atoms with van der Waals surface area (Å²) in [5.41, 5.74) is 3.65. The molecule has 1 N–H and O–H groups in total. The van der Waals surface area contributed by atoms with E-state index in [1.165, 1.54) is 5.56 Å². The van der Waals surface area contributed by atoms with E-state index in [1.54, 1.807) is 0 Å². The molecule has 0 aromatic heterocycles. The molecule has 0 bridgehead atoms. The Morgan fingerprint density at radius 1 is 1.03 bits per heavy atom. The van der Waals surface area contributed by atoms with Crippen LogP contribution in [0.3, 0.4) is 0 Å². The first-order chi connectivity index (χ1) is 12.3. The molecule has 4 heteroatoms. The highest BCUT2D eigenvalue weighted by Gasteiger charge is 2.23. The molecule has 0 spiro atoms. The molecule has 2 aromatic rings. The van der Waals surface area contributed by atoms with E-state index in [2.05, 4.69) is 11.9 Å². The molecule has 0 unspecified atom stereocenters. The minimum atomic E-state index is -0.555. The second-order valence-corrected chi connectivity index (χ2v) is 6.91. The average Bonchev–Trinajstić information content (AvgIpc) is 2.60. The van der Waals surface area contributed by atoms with Gasteiger partial charge in [0.15, 0.2) is 0 Å². The Labute approximate surface area is 177 Å². The van der Waals surface area contributed by atoms with Crippen LogP contribution in [0.5, 0.6) is 5.75 Å². The molecule has 0 saturated carbocycles. The lowest BCUT2D eigenvalue weighted by Crippen LogP contribution is -2.41. The van der Waals surface area contributed by atoms with E-state index in [1.807, 2.05) is 76.2 Å². The monoisotopic (exact) mass is 401 g/mol. The Morgan fingerprint density at radius 3 is 2.24 bits per heavy atom. The van der Waals surface area contributed by atoms with Gasteiger partial charge in [-0.05, 0) is 57.0 Å². The number of hydrogen-bond acceptors (Lipinski definition) is 3. The molecule has 2 rings (SSSR count). The fourth-order valence-corrected chi connectivity index (χ4v) is 2.47. The van der Waals surface area contributed by atoms with Gasteiger partial charge in [-0.2, -0.15) is 0 Å². The third-order valence-corrected chi connectivity index (χ3v) is 4.10. The van der Waals surface area contributed by atoms with Crippen molar-refractivity contribution in [2.24, 2.45) is 0 Å². The van der Waals surface area contributed by atoms with Crippen molar-refractivity contribution in [2.45, 2.75) is 55.5 Å². The summed E-state index contributed by atoms with van der Waals surface area (Å²) in [6.45, 7) is 12.3. The SMILES string of the molecule is C.C.C.C=C(C)c1cccc(C(C)(C)NC(=O)OCCOc2ccc(C)cc2)c1. The molecule has 0 fully saturated rings. The van der Waals surface area contributed by atoms with Gasteiger partial charge in [-0.3, -0.25) is 0 Å². The van der Waals surface area contributed by atoms with E-state index in [-0.39, 0.29) is 28.9 Å². The number of rotatable bonds is 7. The highest BCUT2D eigenvalue weighted by atomic mass is 16.6. The van der Waals surface area contributed by atoms with Crippen molar-refractivity contribution in [3.8, 4) is 5.75 Å². The second kappa shape index (κ2) is 12.7. The van der Waals surface area contributed by atoms with Gasteiger partial charge in [0.05, 0.1) is 5.54 Å². The minimum Gasteiger partial charge on any atom is -0.490 e. The summed E-state index contributed by atoms with van der Waals surface area (Å²) in [5, 5.41) is 2.90. The zero-order chi connectivity index (χ0) is 19.2. The van der Waals surface area contributed by atoms with E-state index in [4.69, 9.17) is 9.47 Å². The van der Waals surface area contributed by atoms with Crippen molar-refractivity contribution in [3.63, 3.8) is 0 Å². The minimum absolute atomic E-state index is 0. The van der Waals surface area contributed by atoms with Gasteiger partial charge in [0.25, 0.3) is 0 Å². The number of amides is 1. The number of ether oxygens (including phenoxy) is 2. The first-order valence-corrected chi connectivity index (χ1v) is 8.69. The normalized spacial score (nSPS) is 9.79. The molecule has 162 valence electrons. The molecule has 29 heavy (non-hydrogen) atoms. The lowest BCUT2D eigenvalue weighted by atomic mass is 9.92. The predicted octanol–water partition coefficient (Wildman–Crippen LogP) is 6.98. The second-order valence-electron chi connectivity index (χ2n) is 6.91. The molecular weight excluding hydrogens is 362 g/mol. The quantitative estimate of drug-likeness (QED) is 0.509. The van der Waals surface area contributed by atoms with Crippen LogP contribution < -0.4 is 10.1 Å². The van der Waals surface area contributed by atoms with Crippen molar-refractivity contribution in [1.29, 1.82) is 0 Å². The predicted molar refractivity (Wildman–Crippen MR) is 126 cm³/mol. The smallest absolute Gasteiger partial charge is 0.407 e. The van der Waals surface area contributed by atoms with Crippen LogP contribution in [0.15, 0.2) is 55.1 Å². The van der Waals surface area contributed by atoms with E-state index >= 15 is 0 Å². The van der Waals surface area contributed by atoms with Crippen molar-refractivity contribution >= 4 is 11.7 Å². The Kier molecular flexibility index (Phi) is 12.4. The summed E-state index contributed by atoms with van der Waals surface area (Å²) >= 11 is 0. The number of carbonyl (C=O) groups is 1. The summed E-state index contributed by atoms with van der Waals surface area (Å²) < 4.78 is 10.8. The van der Waals surface area contributed by atoms with Gasteiger partial charge in [0.2, 0.25) is 0 Å². The van der Waals surface area contributed by atoms with Gasteiger partial charge in [-0.25, -0.2) is 4.79 Å². The van der Waals surface area contributed by atoms with Gasteiger partial charge in [-0.1, -0.05) is 70.3 Å². The van der Waals surface area contributed by atoms with Crippen LogP contribution in [0.2, 0.25) is 0 Å². The molecule has 4 nitrogen and oxygen atoms in total. The largest absolute Gasteiger partial charge is 0.490 e. The summed E-state index contributed by atoms with van der Waals surface area (Å²) in [5.74, 6) is 0.761. The van der Waals surface area contributed by atoms with Gasteiger partial charge >= 0.3 is 6.09 Å². The highest BCUT2D eigenvalue weighted by Crippen LogP contribution is 2.23. The molecule has 0 saturated heterocycles. The lowest BCUT2D eigenvalue weighted by Gasteiger charge is -2.27. The van der Waals surface area contributed by atoms with Gasteiger partial charge in [0.1, 0.15) is 19.0 Å². The molecular formula is C25H39NO3. The maximum absolute atomic E-state index is 12.1. The van der Waals surface area contributed by atoms with Gasteiger partial charge in [-0.15, -0.1) is 0 Å². The number of nitrogens with one attached hydrogen (secondary N) is 1.